The van der Waals surface area contributed by atoms with Crippen LogP contribution in [0, 0.1) is 10.1 Å². The van der Waals surface area contributed by atoms with Crippen molar-refractivity contribution in [1.29, 1.82) is 0 Å². The van der Waals surface area contributed by atoms with Gasteiger partial charge in [0.2, 0.25) is 0 Å². The molecule has 0 aromatic carbocycles. The fourth-order valence-corrected chi connectivity index (χ4v) is 2.29. The van der Waals surface area contributed by atoms with E-state index in [-0.39, 0.29) is 6.54 Å². The van der Waals surface area contributed by atoms with E-state index >= 15 is 0 Å². The van der Waals surface area contributed by atoms with Crippen LogP contribution in [0.1, 0.15) is 4.88 Å². The Labute approximate surface area is 115 Å². The van der Waals surface area contributed by atoms with E-state index < -0.39 is 21.9 Å². The van der Waals surface area contributed by atoms with Crippen molar-refractivity contribution in [3.05, 3.63) is 48.2 Å². The van der Waals surface area contributed by atoms with Gasteiger partial charge in [-0.3, -0.25) is 24.9 Å². The van der Waals surface area contributed by atoms with Crippen LogP contribution in [0.2, 0.25) is 0 Å². The third kappa shape index (κ3) is 2.44. The second-order valence-electron chi connectivity index (χ2n) is 3.83. The summed E-state index contributed by atoms with van der Waals surface area (Å²) in [4.78, 5) is 38.2. The van der Waals surface area contributed by atoms with Crippen LogP contribution >= 0.6 is 11.3 Å². The van der Waals surface area contributed by atoms with Crippen LogP contribution < -0.4 is 22.5 Å². The number of hydrogen-bond donors (Lipinski definition) is 2. The van der Waals surface area contributed by atoms with E-state index in [1.54, 1.807) is 0 Å². The van der Waals surface area contributed by atoms with E-state index in [9.17, 15) is 19.7 Å². The van der Waals surface area contributed by atoms with Gasteiger partial charge in [-0.25, -0.2) is 20.2 Å². The molecule has 0 aliphatic carbocycles. The smallest absolute Gasteiger partial charge is 0.300 e. The molecule has 0 amide bonds. The predicted octanol–water partition coefficient (Wildman–Crippen LogP) is -0.754. The Morgan fingerprint density at radius 1 is 1.55 bits per heavy atom. The number of nitrogens with two attached hydrogens (primary N) is 1. The first-order chi connectivity index (χ1) is 9.43. The van der Waals surface area contributed by atoms with Gasteiger partial charge in [0.25, 0.3) is 0 Å². The lowest BCUT2D eigenvalue weighted by molar-refractivity contribution is -0.387. The second kappa shape index (κ2) is 5.22. The van der Waals surface area contributed by atoms with Gasteiger partial charge < -0.3 is 0 Å². The molecule has 0 saturated carbocycles. The maximum Gasteiger partial charge on any atom is 0.350 e. The van der Waals surface area contributed by atoms with Crippen LogP contribution in [0.15, 0.2) is 22.0 Å². The van der Waals surface area contributed by atoms with E-state index in [0.29, 0.717) is 10.0 Å². The SMILES string of the molecule is Cn1cc([N+](=O)[O-])c(=O)n(Cc2cnc(NN)s2)c1=O. The van der Waals surface area contributed by atoms with Crippen molar-refractivity contribution < 1.29 is 4.92 Å². The average Bonchev–Trinajstić information content (AvgIpc) is 2.86. The number of nitrogens with zero attached hydrogens (tertiary/aromatic N) is 4. The van der Waals surface area contributed by atoms with Gasteiger partial charge >= 0.3 is 16.9 Å². The molecule has 0 unspecified atom stereocenters. The Hall–Kier alpha value is -2.53. The topological polar surface area (TPSA) is 138 Å². The van der Waals surface area contributed by atoms with Gasteiger partial charge in [-0.2, -0.15) is 0 Å². The molecule has 0 aliphatic rings. The maximum atomic E-state index is 11.9. The molecule has 20 heavy (non-hydrogen) atoms. The number of aryl methyl sites for hydroxylation is 1. The van der Waals surface area contributed by atoms with Crippen molar-refractivity contribution in [3.8, 4) is 0 Å². The Balaban J connectivity index is 2.53. The van der Waals surface area contributed by atoms with E-state index in [1.165, 1.54) is 13.2 Å². The summed E-state index contributed by atoms with van der Waals surface area (Å²) in [5, 5.41) is 11.2. The van der Waals surface area contributed by atoms with Gasteiger partial charge in [0.1, 0.15) is 0 Å². The lowest BCUT2D eigenvalue weighted by atomic mass is 10.4. The number of rotatable bonds is 4. The van der Waals surface area contributed by atoms with Crippen molar-refractivity contribution >= 4 is 22.2 Å². The van der Waals surface area contributed by atoms with Crippen LogP contribution in [0.4, 0.5) is 10.8 Å². The predicted molar refractivity (Wildman–Crippen MR) is 71.6 cm³/mol. The molecule has 10 nitrogen and oxygen atoms in total. The quantitative estimate of drug-likeness (QED) is 0.430. The molecular formula is C9H10N6O4S. The first-order valence-electron chi connectivity index (χ1n) is 5.30. The zero-order valence-corrected chi connectivity index (χ0v) is 11.1. The maximum absolute atomic E-state index is 11.9. The van der Waals surface area contributed by atoms with Crippen LogP contribution in [0.25, 0.3) is 0 Å². The van der Waals surface area contributed by atoms with Gasteiger partial charge in [-0.15, -0.1) is 0 Å². The number of aromatic nitrogens is 3. The van der Waals surface area contributed by atoms with Crippen LogP contribution in [0.5, 0.6) is 0 Å². The molecule has 0 radical (unpaired) electrons. The molecule has 0 fully saturated rings. The molecule has 106 valence electrons. The second-order valence-corrected chi connectivity index (χ2v) is 4.95. The highest BCUT2D eigenvalue weighted by Crippen LogP contribution is 2.17. The zero-order chi connectivity index (χ0) is 14.9. The van der Waals surface area contributed by atoms with Crippen molar-refractivity contribution in [2.45, 2.75) is 6.54 Å². The summed E-state index contributed by atoms with van der Waals surface area (Å²) >= 11 is 1.14. The highest BCUT2D eigenvalue weighted by molar-refractivity contribution is 7.15. The summed E-state index contributed by atoms with van der Waals surface area (Å²) in [6.45, 7) is -0.105. The van der Waals surface area contributed by atoms with Gasteiger partial charge in [0, 0.05) is 18.1 Å². The molecule has 2 aromatic heterocycles. The van der Waals surface area contributed by atoms with Gasteiger partial charge in [-0.05, 0) is 0 Å². The molecule has 3 N–H and O–H groups in total. The lowest BCUT2D eigenvalue weighted by Gasteiger charge is -2.05. The van der Waals surface area contributed by atoms with Crippen molar-refractivity contribution in [2.75, 3.05) is 5.43 Å². The number of thiazole rings is 1. The molecule has 2 aromatic rings. The average molecular weight is 298 g/mol. The molecule has 0 aliphatic heterocycles. The number of hydrogen-bond acceptors (Lipinski definition) is 8. The lowest BCUT2D eigenvalue weighted by Crippen LogP contribution is -2.39. The summed E-state index contributed by atoms with van der Waals surface area (Å²) in [7, 11) is 1.34. The minimum absolute atomic E-state index is 0.105. The number of nitrogens with one attached hydrogen (secondary N) is 1. The monoisotopic (exact) mass is 298 g/mol. The minimum Gasteiger partial charge on any atom is -0.300 e. The summed E-state index contributed by atoms with van der Waals surface area (Å²) in [5.74, 6) is 5.18. The van der Waals surface area contributed by atoms with Gasteiger partial charge in [0.15, 0.2) is 5.13 Å². The summed E-state index contributed by atoms with van der Waals surface area (Å²) in [5.41, 5.74) is 0.0807. The fraction of sp³-hybridized carbons (Fsp3) is 0.222. The summed E-state index contributed by atoms with van der Waals surface area (Å²) < 4.78 is 1.77. The van der Waals surface area contributed by atoms with Crippen LogP contribution in [-0.4, -0.2) is 19.0 Å². The number of anilines is 1. The Bertz CT molecular complexity index is 775. The van der Waals surface area contributed by atoms with E-state index in [2.05, 4.69) is 10.4 Å². The standard InChI is InChI=1S/C9H10N6O4S/c1-13-4-6(15(18)19)7(16)14(9(13)17)3-5-2-11-8(12-10)20-5/h2,4H,3,10H2,1H3,(H,11,12). The van der Waals surface area contributed by atoms with E-state index in [4.69, 9.17) is 5.84 Å². The minimum atomic E-state index is -0.950. The Kier molecular flexibility index (Phi) is 3.63. The molecule has 0 spiro atoms. The molecule has 2 rings (SSSR count). The third-order valence-corrected chi connectivity index (χ3v) is 3.41. The molecule has 11 heteroatoms. The van der Waals surface area contributed by atoms with Crippen molar-refractivity contribution in [2.24, 2.45) is 12.9 Å². The first-order valence-corrected chi connectivity index (χ1v) is 6.12. The van der Waals surface area contributed by atoms with Gasteiger partial charge in [-0.1, -0.05) is 11.3 Å². The van der Waals surface area contributed by atoms with Crippen molar-refractivity contribution in [1.82, 2.24) is 14.1 Å². The highest BCUT2D eigenvalue weighted by atomic mass is 32.1. The summed E-state index contributed by atoms with van der Waals surface area (Å²) in [6.07, 6.45) is 2.34. The number of nitrogen functional groups attached to an aromatic ring is 1. The molecule has 0 atom stereocenters. The molecule has 0 bridgehead atoms. The van der Waals surface area contributed by atoms with Crippen molar-refractivity contribution in [3.63, 3.8) is 0 Å². The fourth-order valence-electron chi connectivity index (χ4n) is 1.58. The number of nitro groups is 1. The largest absolute Gasteiger partial charge is 0.350 e. The van der Waals surface area contributed by atoms with Gasteiger partial charge in [0.05, 0.1) is 17.7 Å². The zero-order valence-electron chi connectivity index (χ0n) is 10.3. The van der Waals surface area contributed by atoms with Crippen LogP contribution in [-0.2, 0) is 13.6 Å². The summed E-state index contributed by atoms with van der Waals surface area (Å²) in [6, 6.07) is 0. The van der Waals surface area contributed by atoms with Crippen LogP contribution in [0.3, 0.4) is 0 Å². The molecular weight excluding hydrogens is 288 g/mol. The third-order valence-electron chi connectivity index (χ3n) is 2.50. The highest BCUT2D eigenvalue weighted by Gasteiger charge is 2.19. The van der Waals surface area contributed by atoms with E-state index in [0.717, 1.165) is 26.7 Å². The van der Waals surface area contributed by atoms with E-state index in [1.807, 2.05) is 0 Å². The first kappa shape index (κ1) is 13.9. The number of hydrazine groups is 1. The Morgan fingerprint density at radius 2 is 2.25 bits per heavy atom. The normalized spacial score (nSPS) is 10.5. The molecule has 0 saturated heterocycles. The molecule has 2 heterocycles. The Morgan fingerprint density at radius 3 is 2.80 bits per heavy atom.